The van der Waals surface area contributed by atoms with E-state index in [1.165, 1.54) is 31.2 Å². The van der Waals surface area contributed by atoms with Crippen LogP contribution in [0.25, 0.3) is 0 Å². The van der Waals surface area contributed by atoms with Crippen LogP contribution in [-0.2, 0) is 13.1 Å². The second-order valence-corrected chi connectivity index (χ2v) is 6.00. The maximum absolute atomic E-state index is 4.70. The average molecular weight is 324 g/mol. The van der Waals surface area contributed by atoms with Crippen molar-refractivity contribution in [2.75, 3.05) is 5.32 Å². The van der Waals surface area contributed by atoms with Crippen LogP contribution in [0.1, 0.15) is 56.3 Å². The van der Waals surface area contributed by atoms with E-state index in [2.05, 4.69) is 41.3 Å². The van der Waals surface area contributed by atoms with Crippen molar-refractivity contribution in [2.24, 2.45) is 0 Å². The van der Waals surface area contributed by atoms with Crippen LogP contribution in [0.3, 0.4) is 0 Å². The van der Waals surface area contributed by atoms with Crippen molar-refractivity contribution in [1.29, 1.82) is 0 Å². The molecule has 0 saturated heterocycles. The third-order valence-electron chi connectivity index (χ3n) is 4.29. The first-order chi connectivity index (χ1) is 10.3. The van der Waals surface area contributed by atoms with Crippen molar-refractivity contribution in [2.45, 2.75) is 65.1 Å². The van der Waals surface area contributed by atoms with Gasteiger partial charge in [0.2, 0.25) is 0 Å². The Morgan fingerprint density at radius 2 is 2.05 bits per heavy atom. The molecule has 22 heavy (non-hydrogen) atoms. The molecule has 2 aromatic rings. The number of hydrogen-bond acceptors (Lipinski definition) is 3. The van der Waals surface area contributed by atoms with Crippen LogP contribution in [0.15, 0.2) is 18.6 Å². The zero-order chi connectivity index (χ0) is 14.7. The monoisotopic (exact) mass is 323 g/mol. The minimum Gasteiger partial charge on any atom is -0.378 e. The summed E-state index contributed by atoms with van der Waals surface area (Å²) >= 11 is 0. The number of nitrogens with one attached hydrogen (secondary N) is 1. The number of aromatic nitrogens is 4. The predicted molar refractivity (Wildman–Crippen MR) is 91.6 cm³/mol. The van der Waals surface area contributed by atoms with Gasteiger partial charge in [-0.25, -0.2) is 0 Å². The highest BCUT2D eigenvalue weighted by Crippen LogP contribution is 2.29. The number of halogens is 1. The number of rotatable bonds is 6. The van der Waals surface area contributed by atoms with Crippen molar-refractivity contribution in [3.63, 3.8) is 0 Å². The first kappa shape index (κ1) is 16.9. The lowest BCUT2D eigenvalue weighted by Gasteiger charge is -2.08. The van der Waals surface area contributed by atoms with Crippen LogP contribution >= 0.6 is 12.4 Å². The van der Waals surface area contributed by atoms with Gasteiger partial charge in [-0.3, -0.25) is 9.36 Å². The van der Waals surface area contributed by atoms with E-state index in [0.29, 0.717) is 6.04 Å². The molecule has 6 heteroatoms. The number of aryl methyl sites for hydroxylation is 2. The van der Waals surface area contributed by atoms with E-state index in [1.807, 2.05) is 10.9 Å². The van der Waals surface area contributed by atoms with Crippen molar-refractivity contribution in [1.82, 2.24) is 19.6 Å². The van der Waals surface area contributed by atoms with Crippen molar-refractivity contribution in [3.05, 3.63) is 29.8 Å². The highest BCUT2D eigenvalue weighted by atomic mass is 35.5. The molecule has 1 aliphatic carbocycles. The van der Waals surface area contributed by atoms with Gasteiger partial charge in [-0.05, 0) is 26.2 Å². The molecule has 1 fully saturated rings. The Balaban J connectivity index is 0.00000176. The molecule has 1 N–H and O–H groups in total. The maximum Gasteiger partial charge on any atom is 0.0729 e. The summed E-state index contributed by atoms with van der Waals surface area (Å²) in [4.78, 5) is 0. The van der Waals surface area contributed by atoms with Crippen molar-refractivity contribution in [3.8, 4) is 0 Å². The van der Waals surface area contributed by atoms with Crippen molar-refractivity contribution >= 4 is 18.1 Å². The van der Waals surface area contributed by atoms with E-state index in [-0.39, 0.29) is 12.4 Å². The SMILES string of the molecule is CCCn1cc(NCc2cn(C3CCCC3)nc2C)cn1.Cl. The van der Waals surface area contributed by atoms with E-state index in [1.54, 1.807) is 0 Å². The topological polar surface area (TPSA) is 47.7 Å². The van der Waals surface area contributed by atoms with Gasteiger partial charge < -0.3 is 5.32 Å². The highest BCUT2D eigenvalue weighted by molar-refractivity contribution is 5.85. The second-order valence-electron chi connectivity index (χ2n) is 6.00. The molecular formula is C16H26ClN5. The molecule has 0 unspecified atom stereocenters. The molecule has 5 nitrogen and oxygen atoms in total. The molecule has 0 radical (unpaired) electrons. The first-order valence-electron chi connectivity index (χ1n) is 8.07. The maximum atomic E-state index is 4.70. The van der Waals surface area contributed by atoms with E-state index in [9.17, 15) is 0 Å². The molecule has 1 saturated carbocycles. The summed E-state index contributed by atoms with van der Waals surface area (Å²) in [6, 6.07) is 0.616. The summed E-state index contributed by atoms with van der Waals surface area (Å²) in [5.41, 5.74) is 3.50. The summed E-state index contributed by atoms with van der Waals surface area (Å²) in [5.74, 6) is 0. The molecule has 122 valence electrons. The summed E-state index contributed by atoms with van der Waals surface area (Å²) < 4.78 is 4.16. The van der Waals surface area contributed by atoms with Gasteiger partial charge in [0.25, 0.3) is 0 Å². The number of hydrogen-bond donors (Lipinski definition) is 1. The lowest BCUT2D eigenvalue weighted by molar-refractivity contribution is 0.464. The summed E-state index contributed by atoms with van der Waals surface area (Å²) in [6.07, 6.45) is 12.5. The van der Waals surface area contributed by atoms with E-state index >= 15 is 0 Å². The normalized spacial score (nSPS) is 15.0. The molecule has 0 amide bonds. The average Bonchev–Trinajstić information content (AvgIpc) is 3.17. The Hall–Kier alpha value is -1.49. The lowest BCUT2D eigenvalue weighted by Crippen LogP contribution is -2.05. The van der Waals surface area contributed by atoms with Gasteiger partial charge in [-0.1, -0.05) is 19.8 Å². The van der Waals surface area contributed by atoms with Gasteiger partial charge in [0.05, 0.1) is 23.6 Å². The second kappa shape index (κ2) is 7.68. The largest absolute Gasteiger partial charge is 0.378 e. The molecular weight excluding hydrogens is 298 g/mol. The fourth-order valence-electron chi connectivity index (χ4n) is 3.05. The Bertz CT molecular complexity index is 583. The molecule has 0 aliphatic heterocycles. The molecule has 0 atom stereocenters. The third-order valence-corrected chi connectivity index (χ3v) is 4.29. The molecule has 3 rings (SSSR count). The molecule has 0 aromatic carbocycles. The van der Waals surface area contributed by atoms with Gasteiger partial charge in [0, 0.05) is 31.0 Å². The van der Waals surface area contributed by atoms with Gasteiger partial charge in [-0.15, -0.1) is 12.4 Å². The zero-order valence-corrected chi connectivity index (χ0v) is 14.3. The standard InChI is InChI=1S/C16H25N5.ClH/c1-3-8-20-12-15(10-18-20)17-9-14-11-21(19-13(14)2)16-6-4-5-7-16;/h10-12,16-17H,3-9H2,1-2H3;1H. The van der Waals surface area contributed by atoms with Gasteiger partial charge >= 0.3 is 0 Å². The summed E-state index contributed by atoms with van der Waals surface area (Å²) in [6.45, 7) is 6.05. The minimum atomic E-state index is 0. The number of anilines is 1. The Labute approximate surface area is 138 Å². The highest BCUT2D eigenvalue weighted by Gasteiger charge is 2.18. The van der Waals surface area contributed by atoms with Crippen LogP contribution in [-0.4, -0.2) is 19.6 Å². The Morgan fingerprint density at radius 3 is 2.77 bits per heavy atom. The van der Waals surface area contributed by atoms with Gasteiger partial charge in [0.1, 0.15) is 0 Å². The smallest absolute Gasteiger partial charge is 0.0729 e. The van der Waals surface area contributed by atoms with Crippen LogP contribution in [0.4, 0.5) is 5.69 Å². The summed E-state index contributed by atoms with van der Waals surface area (Å²) in [5, 5.41) is 12.5. The van der Waals surface area contributed by atoms with Crippen LogP contribution in [0.5, 0.6) is 0 Å². The lowest BCUT2D eigenvalue weighted by atomic mass is 10.2. The minimum absolute atomic E-state index is 0. The molecule has 0 bridgehead atoms. The zero-order valence-electron chi connectivity index (χ0n) is 13.5. The Morgan fingerprint density at radius 1 is 1.27 bits per heavy atom. The summed E-state index contributed by atoms with van der Waals surface area (Å²) in [7, 11) is 0. The molecule has 0 spiro atoms. The van der Waals surface area contributed by atoms with Gasteiger partial charge in [-0.2, -0.15) is 10.2 Å². The van der Waals surface area contributed by atoms with Crippen molar-refractivity contribution < 1.29 is 0 Å². The van der Waals surface area contributed by atoms with Gasteiger partial charge in [0.15, 0.2) is 0 Å². The predicted octanol–water partition coefficient (Wildman–Crippen LogP) is 3.95. The van der Waals surface area contributed by atoms with Crippen LogP contribution in [0.2, 0.25) is 0 Å². The molecule has 2 heterocycles. The van der Waals surface area contributed by atoms with Crippen LogP contribution in [0, 0.1) is 6.92 Å². The molecule has 1 aliphatic rings. The number of nitrogens with zero attached hydrogens (tertiary/aromatic N) is 4. The third kappa shape index (κ3) is 3.83. The molecule has 2 aromatic heterocycles. The fourth-order valence-corrected chi connectivity index (χ4v) is 3.05. The Kier molecular flexibility index (Phi) is 5.89. The fraction of sp³-hybridized carbons (Fsp3) is 0.625. The van der Waals surface area contributed by atoms with E-state index in [4.69, 9.17) is 5.10 Å². The van der Waals surface area contributed by atoms with E-state index < -0.39 is 0 Å². The van der Waals surface area contributed by atoms with E-state index in [0.717, 1.165) is 30.9 Å². The van der Waals surface area contributed by atoms with Crippen LogP contribution < -0.4 is 5.32 Å². The first-order valence-corrected chi connectivity index (χ1v) is 8.07. The quantitative estimate of drug-likeness (QED) is 0.875.